The number of aromatic nitrogens is 1. The summed E-state index contributed by atoms with van der Waals surface area (Å²) < 4.78 is 5.46. The van der Waals surface area contributed by atoms with Crippen molar-refractivity contribution in [3.05, 3.63) is 30.1 Å². The fourth-order valence-electron chi connectivity index (χ4n) is 2.83. The van der Waals surface area contributed by atoms with Gasteiger partial charge in [0, 0.05) is 25.9 Å². The van der Waals surface area contributed by atoms with Crippen LogP contribution in [-0.4, -0.2) is 24.0 Å². The van der Waals surface area contributed by atoms with E-state index in [0.717, 1.165) is 18.4 Å². The topological polar surface area (TPSA) is 39.2 Å². The van der Waals surface area contributed by atoms with Crippen molar-refractivity contribution < 1.29 is 9.53 Å². The van der Waals surface area contributed by atoms with Gasteiger partial charge >= 0.3 is 0 Å². The largest absolute Gasteiger partial charge is 0.373 e. The third kappa shape index (κ3) is 3.39. The molecule has 0 radical (unpaired) electrons. The summed E-state index contributed by atoms with van der Waals surface area (Å²) in [6.07, 6.45) is 9.69. The summed E-state index contributed by atoms with van der Waals surface area (Å²) in [6.45, 7) is 0. The Morgan fingerprint density at radius 3 is 2.61 bits per heavy atom. The first-order valence-electron chi connectivity index (χ1n) is 6.75. The Labute approximate surface area is 109 Å². The Bertz CT molecular complexity index is 371. The summed E-state index contributed by atoms with van der Waals surface area (Å²) in [5.74, 6) is 0.619. The molecule has 1 aliphatic carbocycles. The molecule has 98 valence electrons. The van der Waals surface area contributed by atoms with Gasteiger partial charge in [-0.1, -0.05) is 19.3 Å². The number of Topliss-reactive ketones (excluding diaryl/α,β-unsaturated/α-hetero) is 1. The van der Waals surface area contributed by atoms with Crippen LogP contribution in [0.3, 0.4) is 0 Å². The molecule has 1 aromatic heterocycles. The van der Waals surface area contributed by atoms with Crippen molar-refractivity contribution in [3.8, 4) is 0 Å². The van der Waals surface area contributed by atoms with E-state index in [1.54, 1.807) is 19.5 Å². The molecule has 0 aliphatic heterocycles. The minimum Gasteiger partial charge on any atom is -0.373 e. The lowest BCUT2D eigenvalue weighted by atomic mass is 9.83. The van der Waals surface area contributed by atoms with E-state index in [1.807, 2.05) is 12.1 Å². The second kappa shape index (κ2) is 6.64. The number of pyridine rings is 1. The normalized spacial score (nSPS) is 18.5. The lowest BCUT2D eigenvalue weighted by Crippen LogP contribution is -2.34. The monoisotopic (exact) mass is 247 g/mol. The number of nitrogens with zero attached hydrogens (tertiary/aromatic N) is 1. The minimum absolute atomic E-state index is 0.204. The van der Waals surface area contributed by atoms with Crippen LogP contribution in [0, 0.1) is 5.92 Å². The fourth-order valence-corrected chi connectivity index (χ4v) is 2.83. The van der Waals surface area contributed by atoms with Crippen molar-refractivity contribution in [1.29, 1.82) is 0 Å². The van der Waals surface area contributed by atoms with Gasteiger partial charge in [0.2, 0.25) is 0 Å². The molecule has 1 heterocycles. The van der Waals surface area contributed by atoms with Gasteiger partial charge in [0.05, 0.1) is 0 Å². The Kier molecular flexibility index (Phi) is 4.88. The van der Waals surface area contributed by atoms with Crippen molar-refractivity contribution in [3.63, 3.8) is 0 Å². The molecule has 3 nitrogen and oxygen atoms in total. The van der Waals surface area contributed by atoms with Crippen molar-refractivity contribution in [1.82, 2.24) is 4.98 Å². The predicted octanol–water partition coefficient (Wildman–Crippen LogP) is 2.79. The number of hydrogen-bond acceptors (Lipinski definition) is 3. The maximum atomic E-state index is 12.3. The lowest BCUT2D eigenvalue weighted by Gasteiger charge is -2.28. The molecule has 0 N–H and O–H groups in total. The number of ether oxygens (including phenoxy) is 1. The van der Waals surface area contributed by atoms with E-state index in [0.29, 0.717) is 12.3 Å². The number of rotatable bonds is 5. The standard InChI is InChI=1S/C15H21NO2/c1-18-15(13-5-3-2-4-6-13)14(17)11-12-7-9-16-10-8-12/h7-10,13,15H,2-6,11H2,1H3. The summed E-state index contributed by atoms with van der Waals surface area (Å²) in [5, 5.41) is 0. The van der Waals surface area contributed by atoms with Crippen LogP contribution in [-0.2, 0) is 16.0 Å². The van der Waals surface area contributed by atoms with Gasteiger partial charge in [0.25, 0.3) is 0 Å². The second-order valence-corrected chi connectivity index (χ2v) is 5.05. The zero-order valence-electron chi connectivity index (χ0n) is 11.0. The van der Waals surface area contributed by atoms with Gasteiger partial charge in [-0.25, -0.2) is 0 Å². The van der Waals surface area contributed by atoms with E-state index in [2.05, 4.69) is 4.98 Å². The molecule has 0 bridgehead atoms. The van der Waals surface area contributed by atoms with Crippen LogP contribution in [0.4, 0.5) is 0 Å². The van der Waals surface area contributed by atoms with Gasteiger partial charge in [0.1, 0.15) is 6.10 Å². The number of ketones is 1. The Balaban J connectivity index is 1.96. The molecule has 1 unspecified atom stereocenters. The average Bonchev–Trinajstić information content (AvgIpc) is 2.42. The maximum Gasteiger partial charge on any atom is 0.166 e. The van der Waals surface area contributed by atoms with Crippen molar-refractivity contribution >= 4 is 5.78 Å². The van der Waals surface area contributed by atoms with E-state index in [9.17, 15) is 4.79 Å². The van der Waals surface area contributed by atoms with E-state index in [1.165, 1.54) is 19.3 Å². The van der Waals surface area contributed by atoms with Crippen LogP contribution in [0.2, 0.25) is 0 Å². The highest BCUT2D eigenvalue weighted by molar-refractivity contribution is 5.85. The molecule has 1 fully saturated rings. The van der Waals surface area contributed by atoms with Gasteiger partial charge in [0.15, 0.2) is 5.78 Å². The third-order valence-electron chi connectivity index (χ3n) is 3.78. The van der Waals surface area contributed by atoms with E-state index in [4.69, 9.17) is 4.74 Å². The molecule has 1 atom stereocenters. The van der Waals surface area contributed by atoms with Crippen LogP contribution in [0.15, 0.2) is 24.5 Å². The molecular formula is C15H21NO2. The van der Waals surface area contributed by atoms with E-state index in [-0.39, 0.29) is 11.9 Å². The van der Waals surface area contributed by atoms with Crippen molar-refractivity contribution in [2.75, 3.05) is 7.11 Å². The lowest BCUT2D eigenvalue weighted by molar-refractivity contribution is -0.132. The zero-order chi connectivity index (χ0) is 12.8. The summed E-state index contributed by atoms with van der Waals surface area (Å²) in [7, 11) is 1.66. The van der Waals surface area contributed by atoms with Crippen LogP contribution in [0.25, 0.3) is 0 Å². The SMILES string of the molecule is COC(C(=O)Cc1ccncc1)C1CCCCC1. The van der Waals surface area contributed by atoms with E-state index >= 15 is 0 Å². The molecule has 3 heteroatoms. The third-order valence-corrected chi connectivity index (χ3v) is 3.78. The fraction of sp³-hybridized carbons (Fsp3) is 0.600. The van der Waals surface area contributed by atoms with Crippen LogP contribution in [0.1, 0.15) is 37.7 Å². The van der Waals surface area contributed by atoms with Crippen molar-refractivity contribution in [2.24, 2.45) is 5.92 Å². The zero-order valence-corrected chi connectivity index (χ0v) is 11.0. The quantitative estimate of drug-likeness (QED) is 0.803. The Hall–Kier alpha value is -1.22. The van der Waals surface area contributed by atoms with Crippen LogP contribution < -0.4 is 0 Å². The number of methoxy groups -OCH3 is 1. The summed E-state index contributed by atoms with van der Waals surface area (Å²) in [5.41, 5.74) is 1.02. The highest BCUT2D eigenvalue weighted by Crippen LogP contribution is 2.28. The first-order chi connectivity index (χ1) is 8.81. The number of carbonyl (C=O) groups is 1. The van der Waals surface area contributed by atoms with E-state index < -0.39 is 0 Å². The first kappa shape index (κ1) is 13.2. The van der Waals surface area contributed by atoms with Gasteiger partial charge in [-0.05, 0) is 36.5 Å². The molecule has 1 aromatic rings. The molecule has 18 heavy (non-hydrogen) atoms. The molecule has 0 aromatic carbocycles. The maximum absolute atomic E-state index is 12.3. The molecule has 0 amide bonds. The minimum atomic E-state index is -0.224. The molecule has 0 spiro atoms. The van der Waals surface area contributed by atoms with Gasteiger partial charge in [-0.2, -0.15) is 0 Å². The number of carbonyl (C=O) groups excluding carboxylic acids is 1. The molecule has 2 rings (SSSR count). The van der Waals surface area contributed by atoms with Crippen LogP contribution >= 0.6 is 0 Å². The van der Waals surface area contributed by atoms with Gasteiger partial charge < -0.3 is 4.74 Å². The Morgan fingerprint density at radius 1 is 1.33 bits per heavy atom. The molecular weight excluding hydrogens is 226 g/mol. The summed E-state index contributed by atoms with van der Waals surface area (Å²) >= 11 is 0. The summed E-state index contributed by atoms with van der Waals surface area (Å²) in [6, 6.07) is 3.79. The predicted molar refractivity (Wildman–Crippen MR) is 70.3 cm³/mol. The molecule has 1 aliphatic rings. The summed E-state index contributed by atoms with van der Waals surface area (Å²) in [4.78, 5) is 16.3. The first-order valence-corrected chi connectivity index (χ1v) is 6.75. The molecule has 0 saturated heterocycles. The van der Waals surface area contributed by atoms with Crippen molar-refractivity contribution in [2.45, 2.75) is 44.6 Å². The molecule has 1 saturated carbocycles. The second-order valence-electron chi connectivity index (χ2n) is 5.05. The van der Waals surface area contributed by atoms with Crippen LogP contribution in [0.5, 0.6) is 0 Å². The Morgan fingerprint density at radius 2 is 2.00 bits per heavy atom. The average molecular weight is 247 g/mol. The highest BCUT2D eigenvalue weighted by atomic mass is 16.5. The smallest absolute Gasteiger partial charge is 0.166 e. The van der Waals surface area contributed by atoms with Gasteiger partial charge in [-0.15, -0.1) is 0 Å². The number of hydrogen-bond donors (Lipinski definition) is 0. The van der Waals surface area contributed by atoms with Gasteiger partial charge in [-0.3, -0.25) is 9.78 Å². The highest BCUT2D eigenvalue weighted by Gasteiger charge is 2.29.